The quantitative estimate of drug-likeness (QED) is 0.665. The maximum Gasteiger partial charge on any atom is 0.278 e. The maximum atomic E-state index is 14.1. The van der Waals surface area contributed by atoms with Gasteiger partial charge in [0.2, 0.25) is 0 Å². The fraction of sp³-hybridized carbons (Fsp3) is 0.130. The average molecular weight is 373 g/mol. The summed E-state index contributed by atoms with van der Waals surface area (Å²) in [4.78, 5) is 21.2. The number of aliphatic imine (C=N–C) groups is 1. The van der Waals surface area contributed by atoms with Crippen molar-refractivity contribution >= 4 is 23.0 Å². The van der Waals surface area contributed by atoms with E-state index >= 15 is 0 Å². The summed E-state index contributed by atoms with van der Waals surface area (Å²) in [5.41, 5.74) is 3.13. The number of carbonyl (C=O) groups excluding carboxylic acids is 1. The topological polar surface area (TPSA) is 35.9 Å². The Hall–Kier alpha value is -3.31. The van der Waals surface area contributed by atoms with E-state index in [1.165, 1.54) is 11.6 Å². The lowest BCUT2D eigenvalue weighted by molar-refractivity contribution is -0.112. The van der Waals surface area contributed by atoms with E-state index in [1.54, 1.807) is 23.1 Å². The molecule has 0 radical (unpaired) electrons. The average Bonchev–Trinajstić information content (AvgIpc) is 2.96. The molecule has 4 rings (SSSR count). The van der Waals surface area contributed by atoms with E-state index in [0.717, 1.165) is 11.3 Å². The Labute approximate surface area is 163 Å². The standard InChI is InChI=1S/C23H20FN3O/c1-26(15-17-9-3-2-4-10-17)16-27-21-14-8-5-11-18(21)22(23(27)28)25-20-13-7-6-12-19(20)24/h2-14H,15-16H2,1H3. The first-order valence-electron chi connectivity index (χ1n) is 9.10. The first kappa shape index (κ1) is 18.1. The third-order valence-corrected chi connectivity index (χ3v) is 4.66. The summed E-state index contributed by atoms with van der Waals surface area (Å²) in [6, 6.07) is 23.8. The second-order valence-corrected chi connectivity index (χ2v) is 6.80. The van der Waals surface area contributed by atoms with E-state index in [-0.39, 0.29) is 17.3 Å². The minimum Gasteiger partial charge on any atom is -0.293 e. The van der Waals surface area contributed by atoms with Crippen LogP contribution in [0.1, 0.15) is 11.1 Å². The van der Waals surface area contributed by atoms with Crippen LogP contribution in [0.2, 0.25) is 0 Å². The van der Waals surface area contributed by atoms with Crippen LogP contribution in [0.4, 0.5) is 15.8 Å². The Morgan fingerprint density at radius 2 is 1.61 bits per heavy atom. The van der Waals surface area contributed by atoms with Crippen molar-refractivity contribution in [1.82, 2.24) is 4.90 Å². The lowest BCUT2D eigenvalue weighted by Crippen LogP contribution is -2.39. The maximum absolute atomic E-state index is 14.1. The molecule has 3 aromatic carbocycles. The SMILES string of the molecule is CN(Cc1ccccc1)CN1C(=O)C(=Nc2ccccc2F)c2ccccc21. The minimum absolute atomic E-state index is 0.167. The Morgan fingerprint density at radius 1 is 0.929 bits per heavy atom. The molecule has 4 nitrogen and oxygen atoms in total. The number of carbonyl (C=O) groups is 1. The van der Waals surface area contributed by atoms with Gasteiger partial charge in [0.25, 0.3) is 5.91 Å². The van der Waals surface area contributed by atoms with Crippen LogP contribution in [-0.4, -0.2) is 30.2 Å². The van der Waals surface area contributed by atoms with Crippen molar-refractivity contribution in [3.63, 3.8) is 0 Å². The van der Waals surface area contributed by atoms with Crippen LogP contribution in [0.3, 0.4) is 0 Å². The van der Waals surface area contributed by atoms with Crippen molar-refractivity contribution in [2.45, 2.75) is 6.54 Å². The van der Waals surface area contributed by atoms with Crippen molar-refractivity contribution in [1.29, 1.82) is 0 Å². The number of para-hydroxylation sites is 2. The highest BCUT2D eigenvalue weighted by atomic mass is 19.1. The van der Waals surface area contributed by atoms with Crippen molar-refractivity contribution < 1.29 is 9.18 Å². The number of halogens is 1. The van der Waals surface area contributed by atoms with Gasteiger partial charge in [-0.2, -0.15) is 0 Å². The molecule has 0 aliphatic carbocycles. The molecule has 1 heterocycles. The van der Waals surface area contributed by atoms with Gasteiger partial charge in [-0.1, -0.05) is 60.7 Å². The zero-order valence-electron chi connectivity index (χ0n) is 15.5. The second kappa shape index (κ2) is 7.74. The molecule has 0 N–H and O–H groups in total. The normalized spacial score (nSPS) is 14.8. The van der Waals surface area contributed by atoms with Gasteiger partial charge in [-0.3, -0.25) is 14.6 Å². The zero-order valence-corrected chi connectivity index (χ0v) is 15.5. The van der Waals surface area contributed by atoms with E-state index in [2.05, 4.69) is 22.0 Å². The first-order valence-corrected chi connectivity index (χ1v) is 9.10. The third-order valence-electron chi connectivity index (χ3n) is 4.66. The first-order chi connectivity index (χ1) is 13.6. The molecule has 140 valence electrons. The molecule has 5 heteroatoms. The van der Waals surface area contributed by atoms with Crippen LogP contribution < -0.4 is 4.90 Å². The van der Waals surface area contributed by atoms with Gasteiger partial charge < -0.3 is 0 Å². The van der Waals surface area contributed by atoms with Crippen molar-refractivity contribution in [3.8, 4) is 0 Å². The number of hydrogen-bond donors (Lipinski definition) is 0. The zero-order chi connectivity index (χ0) is 19.5. The number of benzene rings is 3. The summed E-state index contributed by atoms with van der Waals surface area (Å²) in [6.07, 6.45) is 0. The van der Waals surface area contributed by atoms with E-state index in [4.69, 9.17) is 0 Å². The molecule has 1 aliphatic rings. The van der Waals surface area contributed by atoms with E-state index < -0.39 is 5.82 Å². The monoisotopic (exact) mass is 373 g/mol. The van der Waals surface area contributed by atoms with E-state index in [1.807, 2.05) is 49.5 Å². The van der Waals surface area contributed by atoms with Crippen LogP contribution in [0, 0.1) is 5.82 Å². The summed E-state index contributed by atoms with van der Waals surface area (Å²) in [6.45, 7) is 1.13. The van der Waals surface area contributed by atoms with Gasteiger partial charge in [0.1, 0.15) is 11.5 Å². The van der Waals surface area contributed by atoms with Crippen LogP contribution in [0.25, 0.3) is 0 Å². The molecule has 0 atom stereocenters. The molecule has 0 bridgehead atoms. The molecule has 3 aromatic rings. The highest BCUT2D eigenvalue weighted by molar-refractivity contribution is 6.54. The summed E-state index contributed by atoms with van der Waals surface area (Å²) in [5.74, 6) is -0.663. The van der Waals surface area contributed by atoms with E-state index in [0.29, 0.717) is 13.2 Å². The number of nitrogens with zero attached hydrogens (tertiary/aromatic N) is 3. The lowest BCUT2D eigenvalue weighted by atomic mass is 10.1. The number of rotatable bonds is 5. The van der Waals surface area contributed by atoms with Gasteiger partial charge in [0, 0.05) is 12.1 Å². The van der Waals surface area contributed by atoms with Gasteiger partial charge in [0.05, 0.1) is 18.0 Å². The summed E-state index contributed by atoms with van der Waals surface area (Å²) < 4.78 is 14.1. The molecule has 1 amide bonds. The van der Waals surface area contributed by atoms with Crippen LogP contribution >= 0.6 is 0 Å². The summed E-state index contributed by atoms with van der Waals surface area (Å²) in [7, 11) is 1.97. The largest absolute Gasteiger partial charge is 0.293 e. The molecular formula is C23H20FN3O. The fourth-order valence-corrected chi connectivity index (χ4v) is 3.36. The van der Waals surface area contributed by atoms with Gasteiger partial charge in [-0.05, 0) is 30.8 Å². The van der Waals surface area contributed by atoms with Crippen molar-refractivity contribution in [2.24, 2.45) is 4.99 Å². The highest BCUT2D eigenvalue weighted by Gasteiger charge is 2.34. The second-order valence-electron chi connectivity index (χ2n) is 6.80. The molecule has 0 saturated carbocycles. The molecular weight excluding hydrogens is 353 g/mol. The van der Waals surface area contributed by atoms with Crippen molar-refractivity contribution in [2.75, 3.05) is 18.6 Å². The van der Waals surface area contributed by atoms with Crippen LogP contribution in [-0.2, 0) is 11.3 Å². The number of hydrogen-bond acceptors (Lipinski definition) is 3. The fourth-order valence-electron chi connectivity index (χ4n) is 3.36. The van der Waals surface area contributed by atoms with Gasteiger partial charge >= 0.3 is 0 Å². The predicted molar refractivity (Wildman–Crippen MR) is 109 cm³/mol. The van der Waals surface area contributed by atoms with Crippen molar-refractivity contribution in [3.05, 3.63) is 95.8 Å². The van der Waals surface area contributed by atoms with Crippen LogP contribution in [0.5, 0.6) is 0 Å². The van der Waals surface area contributed by atoms with Crippen LogP contribution in [0.15, 0.2) is 83.9 Å². The summed E-state index contributed by atoms with van der Waals surface area (Å²) >= 11 is 0. The Kier molecular flexibility index (Phi) is 5.00. The molecule has 0 aromatic heterocycles. The van der Waals surface area contributed by atoms with Gasteiger partial charge in [0.15, 0.2) is 0 Å². The molecule has 0 fully saturated rings. The Balaban J connectivity index is 1.63. The molecule has 0 saturated heterocycles. The lowest BCUT2D eigenvalue weighted by Gasteiger charge is -2.24. The molecule has 1 aliphatic heterocycles. The van der Waals surface area contributed by atoms with E-state index in [9.17, 15) is 9.18 Å². The number of fused-ring (bicyclic) bond motifs is 1. The minimum atomic E-state index is -0.445. The molecule has 0 unspecified atom stereocenters. The predicted octanol–water partition coefficient (Wildman–Crippen LogP) is 4.38. The van der Waals surface area contributed by atoms with Gasteiger partial charge in [-0.15, -0.1) is 0 Å². The number of amides is 1. The molecule has 28 heavy (non-hydrogen) atoms. The molecule has 0 spiro atoms. The third kappa shape index (κ3) is 3.57. The summed E-state index contributed by atoms with van der Waals surface area (Å²) in [5, 5.41) is 0. The smallest absolute Gasteiger partial charge is 0.278 e. The van der Waals surface area contributed by atoms with Gasteiger partial charge in [-0.25, -0.2) is 9.38 Å². The number of anilines is 1. The Morgan fingerprint density at radius 3 is 2.39 bits per heavy atom. The Bertz CT molecular complexity index is 1030. The highest BCUT2D eigenvalue weighted by Crippen LogP contribution is 2.31.